The zero-order valence-corrected chi connectivity index (χ0v) is 10.7. The van der Waals surface area contributed by atoms with E-state index in [9.17, 15) is 9.90 Å². The SMILES string of the molecule is COC(=O)c1ccc(-c2nccc3occc23)c(O)c1. The van der Waals surface area contributed by atoms with Crippen LogP contribution >= 0.6 is 0 Å². The highest BCUT2D eigenvalue weighted by Crippen LogP contribution is 2.33. The van der Waals surface area contributed by atoms with E-state index in [1.54, 1.807) is 36.7 Å². The molecule has 0 saturated heterocycles. The minimum atomic E-state index is -0.499. The first-order valence-corrected chi connectivity index (χ1v) is 5.94. The van der Waals surface area contributed by atoms with Crippen LogP contribution in [0.25, 0.3) is 22.2 Å². The van der Waals surface area contributed by atoms with Gasteiger partial charge in [-0.1, -0.05) is 0 Å². The number of esters is 1. The number of aromatic nitrogens is 1. The van der Waals surface area contributed by atoms with E-state index in [2.05, 4.69) is 9.72 Å². The number of hydrogen-bond donors (Lipinski definition) is 1. The topological polar surface area (TPSA) is 72.6 Å². The molecular formula is C15H11NO4. The Morgan fingerprint density at radius 3 is 2.90 bits per heavy atom. The third-order valence-electron chi connectivity index (χ3n) is 3.05. The Kier molecular flexibility index (Phi) is 2.87. The van der Waals surface area contributed by atoms with E-state index >= 15 is 0 Å². The molecule has 0 radical (unpaired) electrons. The number of methoxy groups -OCH3 is 1. The van der Waals surface area contributed by atoms with Crippen molar-refractivity contribution in [1.82, 2.24) is 4.98 Å². The molecule has 0 unspecified atom stereocenters. The molecule has 100 valence electrons. The summed E-state index contributed by atoms with van der Waals surface area (Å²) in [6.45, 7) is 0. The van der Waals surface area contributed by atoms with Crippen molar-refractivity contribution >= 4 is 16.9 Å². The number of nitrogens with zero attached hydrogens (tertiary/aromatic N) is 1. The van der Waals surface area contributed by atoms with E-state index in [4.69, 9.17) is 4.42 Å². The largest absolute Gasteiger partial charge is 0.507 e. The summed E-state index contributed by atoms with van der Waals surface area (Å²) in [5, 5.41) is 10.9. The maximum Gasteiger partial charge on any atom is 0.337 e. The van der Waals surface area contributed by atoms with Crippen LogP contribution in [0.15, 0.2) is 47.2 Å². The van der Waals surface area contributed by atoms with Crippen LogP contribution in [0.1, 0.15) is 10.4 Å². The van der Waals surface area contributed by atoms with E-state index in [1.165, 1.54) is 13.2 Å². The Hall–Kier alpha value is -2.82. The van der Waals surface area contributed by atoms with Crippen molar-refractivity contribution < 1.29 is 19.1 Å². The minimum Gasteiger partial charge on any atom is -0.507 e. The molecule has 0 spiro atoms. The van der Waals surface area contributed by atoms with Gasteiger partial charge in [-0.05, 0) is 30.3 Å². The zero-order chi connectivity index (χ0) is 14.1. The van der Waals surface area contributed by atoms with Crippen LogP contribution in [0.5, 0.6) is 5.75 Å². The molecule has 0 atom stereocenters. The Labute approximate surface area is 114 Å². The fourth-order valence-corrected chi connectivity index (χ4v) is 2.09. The molecule has 0 bridgehead atoms. The lowest BCUT2D eigenvalue weighted by Gasteiger charge is -2.06. The summed E-state index contributed by atoms with van der Waals surface area (Å²) in [5.41, 5.74) is 2.11. The van der Waals surface area contributed by atoms with Gasteiger partial charge in [0.25, 0.3) is 0 Å². The third-order valence-corrected chi connectivity index (χ3v) is 3.05. The molecule has 3 rings (SSSR count). The summed E-state index contributed by atoms with van der Waals surface area (Å²) < 4.78 is 9.92. The molecule has 0 aliphatic rings. The summed E-state index contributed by atoms with van der Waals surface area (Å²) >= 11 is 0. The van der Waals surface area contributed by atoms with Gasteiger partial charge in [-0.2, -0.15) is 0 Å². The molecule has 0 amide bonds. The second-order valence-corrected chi connectivity index (χ2v) is 4.22. The number of phenols is 1. The molecular weight excluding hydrogens is 258 g/mol. The van der Waals surface area contributed by atoms with Crippen LogP contribution < -0.4 is 0 Å². The first kappa shape index (κ1) is 12.2. The van der Waals surface area contributed by atoms with Crippen LogP contribution in [0.2, 0.25) is 0 Å². The second kappa shape index (κ2) is 4.70. The number of carbonyl (C=O) groups excluding carboxylic acids is 1. The molecule has 3 aromatic rings. The van der Waals surface area contributed by atoms with Crippen LogP contribution in [0.3, 0.4) is 0 Å². The summed E-state index contributed by atoms with van der Waals surface area (Å²) in [7, 11) is 1.29. The highest BCUT2D eigenvalue weighted by atomic mass is 16.5. The van der Waals surface area contributed by atoms with Gasteiger partial charge in [0.2, 0.25) is 0 Å². The highest BCUT2D eigenvalue weighted by molar-refractivity contribution is 5.95. The quantitative estimate of drug-likeness (QED) is 0.724. The normalized spacial score (nSPS) is 10.7. The van der Waals surface area contributed by atoms with E-state index < -0.39 is 5.97 Å². The summed E-state index contributed by atoms with van der Waals surface area (Å²) in [4.78, 5) is 15.7. The number of fused-ring (bicyclic) bond motifs is 1. The fraction of sp³-hybridized carbons (Fsp3) is 0.0667. The molecule has 0 saturated carbocycles. The first-order chi connectivity index (χ1) is 9.70. The number of ether oxygens (including phenoxy) is 1. The standard InChI is InChI=1S/C15H11NO4/c1-19-15(18)9-2-3-10(12(17)8-9)14-11-5-7-20-13(11)4-6-16-14/h2-8,17H,1H3. The number of pyridine rings is 1. The van der Waals surface area contributed by atoms with Crippen LogP contribution in [0.4, 0.5) is 0 Å². The van der Waals surface area contributed by atoms with Gasteiger partial charge in [-0.15, -0.1) is 0 Å². The lowest BCUT2D eigenvalue weighted by Crippen LogP contribution is -2.00. The number of hydrogen-bond acceptors (Lipinski definition) is 5. The molecule has 0 aliphatic heterocycles. The molecule has 20 heavy (non-hydrogen) atoms. The van der Waals surface area contributed by atoms with Crippen LogP contribution in [-0.2, 0) is 4.74 Å². The molecule has 0 aliphatic carbocycles. The van der Waals surface area contributed by atoms with E-state index in [-0.39, 0.29) is 11.3 Å². The molecule has 0 fully saturated rings. The highest BCUT2D eigenvalue weighted by Gasteiger charge is 2.14. The second-order valence-electron chi connectivity index (χ2n) is 4.22. The third kappa shape index (κ3) is 1.89. The number of aromatic hydroxyl groups is 1. The van der Waals surface area contributed by atoms with Crippen LogP contribution in [-0.4, -0.2) is 23.2 Å². The van der Waals surface area contributed by atoms with Crippen molar-refractivity contribution in [3.05, 3.63) is 48.4 Å². The van der Waals surface area contributed by atoms with Crippen molar-refractivity contribution in [1.29, 1.82) is 0 Å². The molecule has 5 nitrogen and oxygen atoms in total. The van der Waals surface area contributed by atoms with Gasteiger partial charge in [0.1, 0.15) is 11.3 Å². The van der Waals surface area contributed by atoms with Gasteiger partial charge in [0.15, 0.2) is 0 Å². The van der Waals surface area contributed by atoms with Gasteiger partial charge in [-0.25, -0.2) is 4.79 Å². The zero-order valence-electron chi connectivity index (χ0n) is 10.7. The van der Waals surface area contributed by atoms with Gasteiger partial charge in [0, 0.05) is 17.1 Å². The maximum absolute atomic E-state index is 11.4. The molecule has 1 N–H and O–H groups in total. The first-order valence-electron chi connectivity index (χ1n) is 5.94. The Bertz CT molecular complexity index is 791. The van der Waals surface area contributed by atoms with Gasteiger partial charge in [0.05, 0.1) is 24.6 Å². The number of rotatable bonds is 2. The maximum atomic E-state index is 11.4. The summed E-state index contributed by atoms with van der Waals surface area (Å²) in [6, 6.07) is 8.11. The number of benzene rings is 1. The van der Waals surface area contributed by atoms with Gasteiger partial charge >= 0.3 is 5.97 Å². The van der Waals surface area contributed by atoms with E-state index in [0.717, 1.165) is 5.39 Å². The lowest BCUT2D eigenvalue weighted by atomic mass is 10.0. The predicted molar refractivity (Wildman–Crippen MR) is 72.4 cm³/mol. The van der Waals surface area contributed by atoms with E-state index in [0.29, 0.717) is 16.8 Å². The van der Waals surface area contributed by atoms with Crippen molar-refractivity contribution in [2.75, 3.05) is 7.11 Å². The fourth-order valence-electron chi connectivity index (χ4n) is 2.09. The van der Waals surface area contributed by atoms with E-state index in [1.807, 2.05) is 0 Å². The average Bonchev–Trinajstić information content (AvgIpc) is 2.95. The molecule has 1 aromatic carbocycles. The van der Waals surface area contributed by atoms with Crippen molar-refractivity contribution in [3.8, 4) is 17.0 Å². The average molecular weight is 269 g/mol. The summed E-state index contributed by atoms with van der Waals surface area (Å²) in [6.07, 6.45) is 3.17. The Morgan fingerprint density at radius 2 is 2.15 bits per heavy atom. The Morgan fingerprint density at radius 1 is 1.30 bits per heavy atom. The molecule has 2 heterocycles. The van der Waals surface area contributed by atoms with Crippen LogP contribution in [0, 0.1) is 0 Å². The predicted octanol–water partition coefficient (Wildman–Crippen LogP) is 2.99. The monoisotopic (exact) mass is 269 g/mol. The smallest absolute Gasteiger partial charge is 0.337 e. The lowest BCUT2D eigenvalue weighted by molar-refractivity contribution is 0.0600. The van der Waals surface area contributed by atoms with Gasteiger partial charge < -0.3 is 14.3 Å². The number of furan rings is 1. The van der Waals surface area contributed by atoms with Gasteiger partial charge in [-0.3, -0.25) is 4.98 Å². The number of carbonyl (C=O) groups is 1. The van der Waals surface area contributed by atoms with Crippen molar-refractivity contribution in [2.24, 2.45) is 0 Å². The summed E-state index contributed by atoms with van der Waals surface area (Å²) in [5.74, 6) is -0.532. The Balaban J connectivity index is 2.15. The molecule has 5 heteroatoms. The number of phenolic OH excluding ortho intramolecular Hbond substituents is 1. The minimum absolute atomic E-state index is 0.0332. The van der Waals surface area contributed by atoms with Crippen molar-refractivity contribution in [2.45, 2.75) is 0 Å². The molecule has 2 aromatic heterocycles. The van der Waals surface area contributed by atoms with Crippen molar-refractivity contribution in [3.63, 3.8) is 0 Å².